The van der Waals surface area contributed by atoms with Gasteiger partial charge in [-0.25, -0.2) is 18.6 Å². The molecule has 0 radical (unpaired) electrons. The topological polar surface area (TPSA) is 123 Å². The van der Waals surface area contributed by atoms with Gasteiger partial charge in [0.15, 0.2) is 0 Å². The number of nitriles is 1. The molecule has 202 valence electrons. The Bertz CT molecular complexity index is 1760. The van der Waals surface area contributed by atoms with E-state index in [-0.39, 0.29) is 35.6 Å². The number of hydrogen-bond donors (Lipinski definition) is 1. The first-order chi connectivity index (χ1) is 19.4. The van der Waals surface area contributed by atoms with Crippen LogP contribution in [-0.4, -0.2) is 39.5 Å². The summed E-state index contributed by atoms with van der Waals surface area (Å²) in [5, 5.41) is 22.1. The van der Waals surface area contributed by atoms with E-state index in [1.807, 2.05) is 10.6 Å². The largest absolute Gasteiger partial charge is 0.478 e. The highest BCUT2D eigenvalue weighted by Gasteiger charge is 2.18. The average Bonchev–Trinajstić information content (AvgIpc) is 3.56. The normalized spacial score (nSPS) is 11.1. The fraction of sp³-hybridized carbons (Fsp3) is 0.172. The zero-order valence-electron chi connectivity index (χ0n) is 21.2. The summed E-state index contributed by atoms with van der Waals surface area (Å²) in [5.41, 5.74) is 2.95. The number of nitrogens with zero attached hydrogens (tertiary/aromatic N) is 4. The maximum atomic E-state index is 15.3. The van der Waals surface area contributed by atoms with Gasteiger partial charge in [0.1, 0.15) is 30.3 Å². The van der Waals surface area contributed by atoms with Crippen molar-refractivity contribution in [2.24, 2.45) is 0 Å². The number of imidazole rings is 1. The molecule has 0 saturated heterocycles. The van der Waals surface area contributed by atoms with Crippen LogP contribution in [-0.2, 0) is 24.3 Å². The highest BCUT2D eigenvalue weighted by atomic mass is 19.1. The summed E-state index contributed by atoms with van der Waals surface area (Å²) in [5.74, 6) is -1.52. The molecule has 11 heteroatoms. The van der Waals surface area contributed by atoms with Crippen molar-refractivity contribution in [1.29, 1.82) is 5.26 Å². The summed E-state index contributed by atoms with van der Waals surface area (Å²) in [6.45, 7) is 0.602. The molecule has 0 aliphatic heterocycles. The Kier molecular flexibility index (Phi) is 7.52. The van der Waals surface area contributed by atoms with Crippen molar-refractivity contribution in [3.63, 3.8) is 0 Å². The monoisotopic (exact) mass is 544 g/mol. The predicted octanol–water partition coefficient (Wildman–Crippen LogP) is 5.36. The fourth-order valence-corrected chi connectivity index (χ4v) is 4.30. The fourth-order valence-electron chi connectivity index (χ4n) is 4.30. The van der Waals surface area contributed by atoms with E-state index in [2.05, 4.69) is 10.1 Å². The molecular formula is C29H22F2N4O5. The number of aromatic nitrogens is 3. The highest BCUT2D eigenvalue weighted by molar-refractivity contribution is 5.92. The van der Waals surface area contributed by atoms with Crippen LogP contribution in [0.2, 0.25) is 0 Å². The summed E-state index contributed by atoms with van der Waals surface area (Å²) in [7, 11) is 1.56. The van der Waals surface area contributed by atoms with Crippen LogP contribution in [0.25, 0.3) is 22.2 Å². The SMILES string of the molecule is COCCn1c(Cc2ccc(-c3conc3OCc3ccc(C#N)cc3F)cc2F)nc2ccc(C(=O)O)cc21. The number of aromatic carboxylic acids is 1. The van der Waals surface area contributed by atoms with E-state index < -0.39 is 17.6 Å². The molecule has 0 unspecified atom stereocenters. The molecule has 3 aromatic carbocycles. The molecule has 0 amide bonds. The number of methoxy groups -OCH3 is 1. The van der Waals surface area contributed by atoms with Gasteiger partial charge < -0.3 is 23.7 Å². The van der Waals surface area contributed by atoms with Crippen molar-refractivity contribution in [3.05, 3.63) is 101 Å². The van der Waals surface area contributed by atoms with E-state index in [0.29, 0.717) is 46.7 Å². The molecule has 0 saturated carbocycles. The number of rotatable bonds is 10. The van der Waals surface area contributed by atoms with Crippen LogP contribution in [0.15, 0.2) is 65.4 Å². The predicted molar refractivity (Wildman–Crippen MR) is 139 cm³/mol. The van der Waals surface area contributed by atoms with E-state index in [9.17, 15) is 14.3 Å². The maximum absolute atomic E-state index is 15.3. The Morgan fingerprint density at radius 1 is 1.10 bits per heavy atom. The zero-order valence-corrected chi connectivity index (χ0v) is 21.2. The minimum Gasteiger partial charge on any atom is -0.478 e. The molecule has 0 spiro atoms. The molecule has 5 rings (SSSR count). The summed E-state index contributed by atoms with van der Waals surface area (Å²) in [6, 6.07) is 15.2. The summed E-state index contributed by atoms with van der Waals surface area (Å²) < 4.78 is 47.3. The van der Waals surface area contributed by atoms with Crippen molar-refractivity contribution in [2.75, 3.05) is 13.7 Å². The molecule has 9 nitrogen and oxygen atoms in total. The van der Waals surface area contributed by atoms with Gasteiger partial charge in [-0.15, -0.1) is 0 Å². The molecule has 0 atom stereocenters. The Morgan fingerprint density at radius 2 is 1.90 bits per heavy atom. The lowest BCUT2D eigenvalue weighted by Crippen LogP contribution is -2.10. The van der Waals surface area contributed by atoms with Crippen molar-refractivity contribution in [2.45, 2.75) is 19.6 Å². The van der Waals surface area contributed by atoms with E-state index in [0.717, 1.165) is 6.07 Å². The van der Waals surface area contributed by atoms with Gasteiger partial charge in [-0.1, -0.05) is 18.2 Å². The van der Waals surface area contributed by atoms with E-state index in [1.165, 1.54) is 30.5 Å². The summed E-state index contributed by atoms with van der Waals surface area (Å²) in [4.78, 5) is 16.1. The van der Waals surface area contributed by atoms with Crippen molar-refractivity contribution in [3.8, 4) is 23.1 Å². The van der Waals surface area contributed by atoms with Crippen LogP contribution in [0.4, 0.5) is 8.78 Å². The van der Waals surface area contributed by atoms with E-state index in [1.54, 1.807) is 31.4 Å². The number of benzene rings is 3. The molecule has 40 heavy (non-hydrogen) atoms. The molecule has 0 bridgehead atoms. The van der Waals surface area contributed by atoms with Gasteiger partial charge in [0, 0.05) is 25.6 Å². The molecule has 0 aliphatic carbocycles. The van der Waals surface area contributed by atoms with Gasteiger partial charge in [0.2, 0.25) is 0 Å². The number of hydrogen-bond acceptors (Lipinski definition) is 7. The first-order valence-electron chi connectivity index (χ1n) is 12.1. The quantitative estimate of drug-likeness (QED) is 0.249. The van der Waals surface area contributed by atoms with Gasteiger partial charge >= 0.3 is 5.97 Å². The Balaban J connectivity index is 1.39. The molecule has 0 fully saturated rings. The van der Waals surface area contributed by atoms with E-state index >= 15 is 4.39 Å². The van der Waals surface area contributed by atoms with Gasteiger partial charge in [0.25, 0.3) is 5.88 Å². The summed E-state index contributed by atoms with van der Waals surface area (Å²) >= 11 is 0. The number of fused-ring (bicyclic) bond motifs is 1. The van der Waals surface area contributed by atoms with Crippen molar-refractivity contribution in [1.82, 2.24) is 14.7 Å². The molecular weight excluding hydrogens is 522 g/mol. The number of carboxylic acid groups (broad SMARTS) is 1. The third-order valence-electron chi connectivity index (χ3n) is 6.39. The highest BCUT2D eigenvalue weighted by Crippen LogP contribution is 2.31. The van der Waals surface area contributed by atoms with E-state index in [4.69, 9.17) is 19.3 Å². The van der Waals surface area contributed by atoms with Crippen LogP contribution < -0.4 is 4.74 Å². The van der Waals surface area contributed by atoms with Crippen LogP contribution >= 0.6 is 0 Å². The molecule has 2 aromatic heterocycles. The molecule has 2 heterocycles. The standard InChI is InChI=1S/C29H22F2N4O5/c1-38-9-8-35-26-12-20(29(36)37)6-7-25(26)33-27(35)13-19-5-4-18(11-24(19)31)22-16-40-34-28(22)39-15-21-3-2-17(14-32)10-23(21)30/h2-7,10-12,16H,8-9,13,15H2,1H3,(H,36,37). The number of halogens is 2. The number of carboxylic acids is 1. The molecule has 0 aliphatic rings. The third-order valence-corrected chi connectivity index (χ3v) is 6.39. The second kappa shape index (κ2) is 11.3. The van der Waals surface area contributed by atoms with Gasteiger partial charge in [-0.2, -0.15) is 5.26 Å². The Hall–Kier alpha value is -5.08. The number of carbonyl (C=O) groups is 1. The zero-order chi connectivity index (χ0) is 28.2. The van der Waals surface area contributed by atoms with Crippen LogP contribution in [0.5, 0.6) is 5.88 Å². The average molecular weight is 545 g/mol. The van der Waals surface area contributed by atoms with Crippen molar-refractivity contribution >= 4 is 17.0 Å². The van der Waals surface area contributed by atoms with Gasteiger partial charge in [-0.3, -0.25) is 0 Å². The third kappa shape index (κ3) is 5.39. The Labute approximate surface area is 226 Å². The van der Waals surface area contributed by atoms with Crippen LogP contribution in [0, 0.1) is 23.0 Å². The smallest absolute Gasteiger partial charge is 0.335 e. The lowest BCUT2D eigenvalue weighted by Gasteiger charge is -2.11. The lowest BCUT2D eigenvalue weighted by molar-refractivity contribution is 0.0697. The first kappa shape index (κ1) is 26.5. The Morgan fingerprint density at radius 3 is 2.62 bits per heavy atom. The first-order valence-corrected chi connectivity index (χ1v) is 12.1. The second-order valence-corrected chi connectivity index (χ2v) is 8.90. The lowest BCUT2D eigenvalue weighted by atomic mass is 10.0. The van der Waals surface area contributed by atoms with Gasteiger partial charge in [-0.05, 0) is 52.7 Å². The summed E-state index contributed by atoms with van der Waals surface area (Å²) in [6.07, 6.45) is 1.46. The second-order valence-electron chi connectivity index (χ2n) is 8.90. The number of ether oxygens (including phenoxy) is 2. The van der Waals surface area contributed by atoms with Gasteiger partial charge in [0.05, 0.1) is 40.4 Å². The molecule has 1 N–H and O–H groups in total. The van der Waals surface area contributed by atoms with Crippen LogP contribution in [0.1, 0.15) is 32.9 Å². The van der Waals surface area contributed by atoms with Crippen LogP contribution in [0.3, 0.4) is 0 Å². The maximum Gasteiger partial charge on any atom is 0.335 e. The van der Waals surface area contributed by atoms with Crippen molar-refractivity contribution < 1.29 is 32.7 Å². The minimum absolute atomic E-state index is 0.0616. The minimum atomic E-state index is -1.05. The molecule has 5 aromatic rings.